The lowest BCUT2D eigenvalue weighted by atomic mass is 9.95. The van der Waals surface area contributed by atoms with E-state index in [0.29, 0.717) is 38.6 Å². The fourth-order valence-corrected chi connectivity index (χ4v) is 5.15. The smallest absolute Gasteiger partial charge is 0.408 e. The van der Waals surface area contributed by atoms with Gasteiger partial charge in [0.2, 0.25) is 17.6 Å². The molecule has 4 atom stereocenters. The predicted octanol–water partition coefficient (Wildman–Crippen LogP) is 1.87. The van der Waals surface area contributed by atoms with E-state index in [1.165, 1.54) is 4.90 Å². The predicted molar refractivity (Wildman–Crippen MR) is 141 cm³/mol. The number of nitrogens with two attached hydrogens (primary N) is 1. The summed E-state index contributed by atoms with van der Waals surface area (Å²) in [5.74, 6) is -2.92. The van der Waals surface area contributed by atoms with E-state index >= 15 is 0 Å². The lowest BCUT2D eigenvalue weighted by Gasteiger charge is -2.32. The standard InChI is InChI=1S/C28H40N4O6/c1-5-9-21(24(33)25(29)34)30-26(35)22-12-8-13-32(22)27(36)23(31-28(37)38-17(4)16(2)3)20-14-18-10-6-7-11-19(18)15-20/h6-7,10-11,16-17,20-23H,5,8-9,12-15H2,1-4H3,(H2,29,34)(H,30,35)(H,31,37)/t17?,21?,22-,23?/m0/s1. The van der Waals surface area contributed by atoms with Gasteiger partial charge in [0.1, 0.15) is 18.2 Å². The quantitative estimate of drug-likeness (QED) is 0.374. The molecule has 4 amide bonds. The molecule has 0 saturated carbocycles. The molecule has 1 fully saturated rings. The fourth-order valence-electron chi connectivity index (χ4n) is 5.15. The summed E-state index contributed by atoms with van der Waals surface area (Å²) in [6.45, 7) is 7.85. The van der Waals surface area contributed by atoms with Gasteiger partial charge in [-0.3, -0.25) is 19.2 Å². The van der Waals surface area contributed by atoms with Crippen LogP contribution in [0.4, 0.5) is 4.79 Å². The topological polar surface area (TPSA) is 148 Å². The average Bonchev–Trinajstić information content (AvgIpc) is 3.53. The van der Waals surface area contributed by atoms with Gasteiger partial charge in [-0.2, -0.15) is 0 Å². The number of hydrogen-bond donors (Lipinski definition) is 3. The number of carbonyl (C=O) groups is 5. The second-order valence-electron chi connectivity index (χ2n) is 10.7. The number of benzene rings is 1. The summed E-state index contributed by atoms with van der Waals surface area (Å²) < 4.78 is 5.51. The van der Waals surface area contributed by atoms with E-state index in [1.807, 2.05) is 45.0 Å². The lowest BCUT2D eigenvalue weighted by Crippen LogP contribution is -2.58. The van der Waals surface area contributed by atoms with Crippen LogP contribution >= 0.6 is 0 Å². The van der Waals surface area contributed by atoms with E-state index in [1.54, 1.807) is 6.92 Å². The van der Waals surface area contributed by atoms with Gasteiger partial charge in [-0.1, -0.05) is 51.5 Å². The number of fused-ring (bicyclic) bond motifs is 1. The lowest BCUT2D eigenvalue weighted by molar-refractivity contribution is -0.142. The Morgan fingerprint density at radius 2 is 1.68 bits per heavy atom. The number of Topliss-reactive ketones (excluding diaryl/α,β-unsaturated/α-hetero) is 1. The van der Waals surface area contributed by atoms with E-state index in [-0.39, 0.29) is 30.3 Å². The number of hydrogen-bond acceptors (Lipinski definition) is 6. The maximum Gasteiger partial charge on any atom is 0.408 e. The molecule has 1 heterocycles. The van der Waals surface area contributed by atoms with Crippen LogP contribution in [0.3, 0.4) is 0 Å². The Morgan fingerprint density at radius 3 is 2.24 bits per heavy atom. The molecule has 1 aliphatic carbocycles. The highest BCUT2D eigenvalue weighted by molar-refractivity contribution is 6.37. The van der Waals surface area contributed by atoms with Crippen molar-refractivity contribution in [1.82, 2.24) is 15.5 Å². The fraction of sp³-hybridized carbons (Fsp3) is 0.607. The van der Waals surface area contributed by atoms with Gasteiger partial charge in [0.25, 0.3) is 5.91 Å². The van der Waals surface area contributed by atoms with Gasteiger partial charge in [-0.15, -0.1) is 0 Å². The van der Waals surface area contributed by atoms with Crippen molar-refractivity contribution in [3.63, 3.8) is 0 Å². The molecular weight excluding hydrogens is 488 g/mol. The summed E-state index contributed by atoms with van der Waals surface area (Å²) in [4.78, 5) is 65.1. The second kappa shape index (κ2) is 12.9. The molecule has 1 aliphatic heterocycles. The highest BCUT2D eigenvalue weighted by atomic mass is 16.6. The van der Waals surface area contributed by atoms with Crippen LogP contribution < -0.4 is 16.4 Å². The number of ketones is 1. The van der Waals surface area contributed by atoms with Crippen LogP contribution in [0.2, 0.25) is 0 Å². The number of likely N-dealkylation sites (tertiary alicyclic amines) is 1. The number of nitrogens with one attached hydrogen (secondary N) is 2. The average molecular weight is 529 g/mol. The molecule has 1 aromatic rings. The third-order valence-electron chi connectivity index (χ3n) is 7.62. The number of amides is 4. The minimum atomic E-state index is -1.11. The molecule has 208 valence electrons. The monoisotopic (exact) mass is 528 g/mol. The van der Waals surface area contributed by atoms with Crippen LogP contribution in [-0.4, -0.2) is 65.3 Å². The molecule has 0 radical (unpaired) electrons. The molecule has 0 bridgehead atoms. The van der Waals surface area contributed by atoms with Crippen molar-refractivity contribution in [2.45, 2.75) is 90.4 Å². The van der Waals surface area contributed by atoms with Gasteiger partial charge in [-0.05, 0) is 62.0 Å². The van der Waals surface area contributed by atoms with Crippen molar-refractivity contribution in [2.24, 2.45) is 17.6 Å². The Hall–Kier alpha value is -3.43. The molecule has 10 nitrogen and oxygen atoms in total. The highest BCUT2D eigenvalue weighted by Gasteiger charge is 2.43. The summed E-state index contributed by atoms with van der Waals surface area (Å²) >= 11 is 0. The Bertz CT molecular complexity index is 1030. The SMILES string of the molecule is CCCC(NC(=O)[C@@H]1CCCN1C(=O)C(NC(=O)OC(C)C(C)C)C1Cc2ccccc2C1)C(=O)C(N)=O. The van der Waals surface area contributed by atoms with Gasteiger partial charge >= 0.3 is 6.09 Å². The molecule has 0 spiro atoms. The maximum absolute atomic E-state index is 13.9. The Labute approximate surface area is 224 Å². The number of carbonyl (C=O) groups excluding carboxylic acids is 5. The minimum absolute atomic E-state index is 0.108. The van der Waals surface area contributed by atoms with Gasteiger partial charge in [-0.25, -0.2) is 4.79 Å². The summed E-state index contributed by atoms with van der Waals surface area (Å²) in [5, 5.41) is 5.44. The summed E-state index contributed by atoms with van der Waals surface area (Å²) in [6.07, 6.45) is 2.05. The van der Waals surface area contributed by atoms with Gasteiger partial charge in [0, 0.05) is 6.54 Å². The molecule has 2 aliphatic rings. The van der Waals surface area contributed by atoms with E-state index in [0.717, 1.165) is 11.1 Å². The molecule has 3 rings (SSSR count). The maximum atomic E-state index is 13.9. The molecular formula is C28H40N4O6. The van der Waals surface area contributed by atoms with Crippen molar-refractivity contribution in [2.75, 3.05) is 6.54 Å². The second-order valence-corrected chi connectivity index (χ2v) is 10.7. The molecule has 1 saturated heterocycles. The van der Waals surface area contributed by atoms with Crippen LogP contribution in [0.5, 0.6) is 0 Å². The van der Waals surface area contributed by atoms with Crippen molar-refractivity contribution >= 4 is 29.6 Å². The van der Waals surface area contributed by atoms with Gasteiger partial charge in [0.15, 0.2) is 0 Å². The van der Waals surface area contributed by atoms with Crippen LogP contribution in [0, 0.1) is 11.8 Å². The largest absolute Gasteiger partial charge is 0.446 e. The van der Waals surface area contributed by atoms with Crippen molar-refractivity contribution in [3.05, 3.63) is 35.4 Å². The minimum Gasteiger partial charge on any atom is -0.446 e. The van der Waals surface area contributed by atoms with E-state index in [4.69, 9.17) is 10.5 Å². The van der Waals surface area contributed by atoms with E-state index in [2.05, 4.69) is 10.6 Å². The Kier molecular flexibility index (Phi) is 9.88. The summed E-state index contributed by atoms with van der Waals surface area (Å²) in [6, 6.07) is 5.20. The van der Waals surface area contributed by atoms with Crippen LogP contribution in [0.25, 0.3) is 0 Å². The normalized spacial score (nSPS) is 19.4. The first-order valence-electron chi connectivity index (χ1n) is 13.5. The first kappa shape index (κ1) is 29.1. The molecule has 10 heteroatoms. The summed E-state index contributed by atoms with van der Waals surface area (Å²) in [5.41, 5.74) is 7.42. The molecule has 0 aromatic heterocycles. The third kappa shape index (κ3) is 6.90. The van der Waals surface area contributed by atoms with Crippen molar-refractivity contribution in [3.8, 4) is 0 Å². The highest BCUT2D eigenvalue weighted by Crippen LogP contribution is 2.31. The Balaban J connectivity index is 1.80. The zero-order valence-electron chi connectivity index (χ0n) is 22.7. The molecule has 3 unspecified atom stereocenters. The first-order valence-corrected chi connectivity index (χ1v) is 13.5. The molecule has 38 heavy (non-hydrogen) atoms. The summed E-state index contributed by atoms with van der Waals surface area (Å²) in [7, 11) is 0. The Morgan fingerprint density at radius 1 is 1.05 bits per heavy atom. The molecule has 1 aromatic carbocycles. The molecule has 4 N–H and O–H groups in total. The van der Waals surface area contributed by atoms with Gasteiger partial charge < -0.3 is 26.0 Å². The number of nitrogens with zero attached hydrogens (tertiary/aromatic N) is 1. The first-order chi connectivity index (χ1) is 18.0. The van der Waals surface area contributed by atoms with Gasteiger partial charge in [0.05, 0.1) is 6.04 Å². The number of primary amides is 1. The van der Waals surface area contributed by atoms with Crippen molar-refractivity contribution < 1.29 is 28.7 Å². The number of rotatable bonds is 11. The van der Waals surface area contributed by atoms with Crippen LogP contribution in [0.1, 0.15) is 64.5 Å². The number of alkyl carbamates (subject to hydrolysis) is 1. The van der Waals surface area contributed by atoms with Crippen LogP contribution in [-0.2, 0) is 36.8 Å². The van der Waals surface area contributed by atoms with Crippen LogP contribution in [0.15, 0.2) is 24.3 Å². The zero-order valence-corrected chi connectivity index (χ0v) is 22.7. The zero-order chi connectivity index (χ0) is 28.0. The number of ether oxygens (including phenoxy) is 1. The van der Waals surface area contributed by atoms with E-state index in [9.17, 15) is 24.0 Å². The third-order valence-corrected chi connectivity index (χ3v) is 7.62. The van der Waals surface area contributed by atoms with Crippen molar-refractivity contribution in [1.29, 1.82) is 0 Å². The van der Waals surface area contributed by atoms with E-state index < -0.39 is 41.8 Å².